The van der Waals surface area contributed by atoms with E-state index in [0.29, 0.717) is 30.6 Å². The molecule has 0 aromatic heterocycles. The van der Waals surface area contributed by atoms with Crippen LogP contribution in [0.4, 0.5) is 0 Å². The number of carbonyl (C=O) groups is 1. The van der Waals surface area contributed by atoms with Gasteiger partial charge in [0.2, 0.25) is 0 Å². The van der Waals surface area contributed by atoms with E-state index in [1.165, 1.54) is 7.11 Å². The average Bonchev–Trinajstić information content (AvgIpc) is 2.13. The molecule has 0 amide bonds. The standard InChI is InChI=1S/C9H17O2.Bi.2H/c1-5-7(3)8(6-2)9(10)11-4;;;/h7H,5-6H2,1-4H3;;;. The second-order valence-corrected chi connectivity index (χ2v) is 7.20. The van der Waals surface area contributed by atoms with Gasteiger partial charge in [0.1, 0.15) is 0 Å². The quantitative estimate of drug-likeness (QED) is 0.554. The molecule has 0 bridgehead atoms. The Labute approximate surface area is 89.9 Å². The second-order valence-electron chi connectivity index (χ2n) is 3.19. The van der Waals surface area contributed by atoms with Crippen LogP contribution in [0.15, 0.2) is 0 Å². The Kier molecular flexibility index (Phi) is 5.31. The molecule has 0 spiro atoms. The molecule has 0 saturated heterocycles. The van der Waals surface area contributed by atoms with E-state index in [0.717, 1.165) is 12.8 Å². The van der Waals surface area contributed by atoms with Crippen LogP contribution in [0.1, 0.15) is 33.6 Å². The van der Waals surface area contributed by atoms with Gasteiger partial charge in [-0.25, -0.2) is 0 Å². The van der Waals surface area contributed by atoms with Crippen molar-refractivity contribution in [3.8, 4) is 0 Å². The van der Waals surface area contributed by atoms with Crippen LogP contribution in [0.3, 0.4) is 0 Å². The molecule has 0 rings (SSSR count). The zero-order valence-corrected chi connectivity index (χ0v) is 12.9. The van der Waals surface area contributed by atoms with E-state index in [9.17, 15) is 4.79 Å². The van der Waals surface area contributed by atoms with Gasteiger partial charge in [-0.2, -0.15) is 0 Å². The monoisotopic (exact) mass is 368 g/mol. The van der Waals surface area contributed by atoms with Crippen molar-refractivity contribution >= 4 is 30.7 Å². The molecule has 3 heteroatoms. The third kappa shape index (κ3) is 2.42. The number of hydrogen-bond donors (Lipinski definition) is 0. The van der Waals surface area contributed by atoms with Gasteiger partial charge in [0, 0.05) is 0 Å². The van der Waals surface area contributed by atoms with E-state index >= 15 is 0 Å². The first kappa shape index (κ1) is 12.4. The summed E-state index contributed by atoms with van der Waals surface area (Å²) in [5, 5.41) is 0. The van der Waals surface area contributed by atoms with E-state index in [4.69, 9.17) is 4.74 Å². The van der Waals surface area contributed by atoms with Crippen molar-refractivity contribution in [1.82, 2.24) is 0 Å². The van der Waals surface area contributed by atoms with Crippen molar-refractivity contribution in [2.75, 3.05) is 7.11 Å². The Bertz CT molecular complexity index is 159. The van der Waals surface area contributed by atoms with Crippen LogP contribution in [0.5, 0.6) is 0 Å². The average molecular weight is 368 g/mol. The molecule has 0 aliphatic rings. The summed E-state index contributed by atoms with van der Waals surface area (Å²) in [7, 11) is 1.48. The summed E-state index contributed by atoms with van der Waals surface area (Å²) < 4.78 is 4.70. The van der Waals surface area contributed by atoms with Crippen molar-refractivity contribution in [3.63, 3.8) is 0 Å². The molecule has 0 aliphatic carbocycles. The molecule has 2 nitrogen and oxygen atoms in total. The number of methoxy groups -OCH3 is 1. The number of hydrogen-bond acceptors (Lipinski definition) is 2. The molecule has 0 heterocycles. The van der Waals surface area contributed by atoms with Gasteiger partial charge in [-0.1, -0.05) is 0 Å². The van der Waals surface area contributed by atoms with Gasteiger partial charge in [-0.05, 0) is 0 Å². The SMILES string of the molecule is CCC(C)[C]([BiH2])(CC)C(=O)OC. The molecule has 0 N–H and O–H groups in total. The molecule has 0 aliphatic heterocycles. The molecular weight excluding hydrogens is 349 g/mol. The Balaban J connectivity index is 4.54. The zero-order valence-electron chi connectivity index (χ0n) is 8.39. The van der Waals surface area contributed by atoms with E-state index in [1.54, 1.807) is 0 Å². The van der Waals surface area contributed by atoms with Gasteiger partial charge in [0.05, 0.1) is 0 Å². The van der Waals surface area contributed by atoms with E-state index in [1.807, 2.05) is 0 Å². The Morgan fingerprint density at radius 1 is 1.58 bits per heavy atom. The van der Waals surface area contributed by atoms with Crippen LogP contribution in [0.2, 0.25) is 3.12 Å². The van der Waals surface area contributed by atoms with Gasteiger partial charge in [-0.3, -0.25) is 0 Å². The van der Waals surface area contributed by atoms with Crippen LogP contribution in [-0.4, -0.2) is 37.8 Å². The summed E-state index contributed by atoms with van der Waals surface area (Å²) in [6, 6.07) is 0. The summed E-state index contributed by atoms with van der Waals surface area (Å²) in [4.78, 5) is 11.5. The minimum atomic E-state index is -0.135. The van der Waals surface area contributed by atoms with Gasteiger partial charge in [0.25, 0.3) is 0 Å². The van der Waals surface area contributed by atoms with E-state index in [-0.39, 0.29) is 9.09 Å². The molecule has 0 fully saturated rings. The molecule has 2 unspecified atom stereocenters. The van der Waals surface area contributed by atoms with Crippen LogP contribution in [-0.2, 0) is 9.53 Å². The normalized spacial score (nSPS) is 18.1. The fourth-order valence-electron chi connectivity index (χ4n) is 1.25. The summed E-state index contributed by atoms with van der Waals surface area (Å²) in [6.45, 7) is 6.34. The van der Waals surface area contributed by atoms with Crippen molar-refractivity contribution in [3.05, 3.63) is 0 Å². The summed E-state index contributed by atoms with van der Waals surface area (Å²) >= 11 is 0.662. The van der Waals surface area contributed by atoms with Gasteiger partial charge < -0.3 is 0 Å². The minimum absolute atomic E-state index is 0.00986. The second kappa shape index (κ2) is 5.16. The maximum atomic E-state index is 11.5. The first-order chi connectivity index (χ1) is 5.52. The van der Waals surface area contributed by atoms with E-state index < -0.39 is 0 Å². The summed E-state index contributed by atoms with van der Waals surface area (Å²) in [5.41, 5.74) is 0. The maximum absolute atomic E-state index is 11.5. The van der Waals surface area contributed by atoms with Gasteiger partial charge in [0.15, 0.2) is 0 Å². The number of esters is 1. The summed E-state index contributed by atoms with van der Waals surface area (Å²) in [6.07, 6.45) is 1.97. The third-order valence-electron chi connectivity index (χ3n) is 2.64. The first-order valence-corrected chi connectivity index (χ1v) is 6.64. The molecule has 12 heavy (non-hydrogen) atoms. The predicted octanol–water partition coefficient (Wildman–Crippen LogP) is 1.41. The van der Waals surface area contributed by atoms with Crippen molar-refractivity contribution in [2.45, 2.75) is 36.7 Å². The number of ether oxygens (including phenoxy) is 1. The van der Waals surface area contributed by atoms with Gasteiger partial charge >= 0.3 is 90.0 Å². The molecule has 0 saturated carbocycles. The Hall–Kier alpha value is 0.353. The predicted molar refractivity (Wildman–Crippen MR) is 53.0 cm³/mol. The molecule has 0 radical (unpaired) electrons. The zero-order chi connectivity index (χ0) is 9.78. The fourth-order valence-corrected chi connectivity index (χ4v) is 2.62. The van der Waals surface area contributed by atoms with Crippen LogP contribution in [0.25, 0.3) is 0 Å². The van der Waals surface area contributed by atoms with Crippen molar-refractivity contribution in [1.29, 1.82) is 0 Å². The fraction of sp³-hybridized carbons (Fsp3) is 0.889. The van der Waals surface area contributed by atoms with Crippen LogP contribution >= 0.6 is 0 Å². The van der Waals surface area contributed by atoms with Crippen LogP contribution < -0.4 is 0 Å². The van der Waals surface area contributed by atoms with Crippen LogP contribution in [0, 0.1) is 5.92 Å². The Morgan fingerprint density at radius 2 is 2.08 bits per heavy atom. The topological polar surface area (TPSA) is 26.3 Å². The summed E-state index contributed by atoms with van der Waals surface area (Å²) in [5.74, 6) is 0.448. The molecule has 2 atom stereocenters. The number of rotatable bonds is 4. The first-order valence-electron chi connectivity index (χ1n) is 4.40. The molecule has 72 valence electrons. The third-order valence-corrected chi connectivity index (χ3v) is 7.36. The number of carbonyl (C=O) groups excluding carboxylic acids is 1. The molecule has 0 aromatic carbocycles. The van der Waals surface area contributed by atoms with Crippen molar-refractivity contribution in [2.24, 2.45) is 5.92 Å². The van der Waals surface area contributed by atoms with Crippen molar-refractivity contribution < 1.29 is 9.53 Å². The van der Waals surface area contributed by atoms with Gasteiger partial charge in [-0.15, -0.1) is 0 Å². The molecule has 0 aromatic rings. The Morgan fingerprint density at radius 3 is 2.33 bits per heavy atom. The van der Waals surface area contributed by atoms with E-state index in [2.05, 4.69) is 20.8 Å². The molecular formula is C9H19BiO2.